The molecular weight excluding hydrogens is 186 g/mol. The summed E-state index contributed by atoms with van der Waals surface area (Å²) in [7, 11) is 0. The fraction of sp³-hybridized carbons (Fsp3) is 0.462. The SMILES string of the molecule is CC1(C)CCCN1C(=O)c1ccccc1. The zero-order chi connectivity index (χ0) is 10.9. The lowest BCUT2D eigenvalue weighted by atomic mass is 10.0. The second-order valence-electron chi connectivity index (χ2n) is 4.74. The van der Waals surface area contributed by atoms with Gasteiger partial charge in [-0.3, -0.25) is 4.79 Å². The molecule has 1 amide bonds. The van der Waals surface area contributed by atoms with Crippen LogP contribution in [0, 0.1) is 0 Å². The maximum atomic E-state index is 12.2. The predicted octanol–water partition coefficient (Wildman–Crippen LogP) is 2.70. The Labute approximate surface area is 90.9 Å². The van der Waals surface area contributed by atoms with Crippen molar-refractivity contribution in [1.82, 2.24) is 4.90 Å². The van der Waals surface area contributed by atoms with E-state index in [0.29, 0.717) is 0 Å². The number of carbonyl (C=O) groups is 1. The molecule has 0 aromatic heterocycles. The number of nitrogens with zero attached hydrogens (tertiary/aromatic N) is 1. The molecule has 0 N–H and O–H groups in total. The average Bonchev–Trinajstić information content (AvgIpc) is 2.58. The van der Waals surface area contributed by atoms with Gasteiger partial charge in [-0.15, -0.1) is 0 Å². The van der Waals surface area contributed by atoms with E-state index in [2.05, 4.69) is 13.8 Å². The van der Waals surface area contributed by atoms with Crippen LogP contribution in [0.4, 0.5) is 0 Å². The molecule has 1 heterocycles. The summed E-state index contributed by atoms with van der Waals surface area (Å²) in [6.07, 6.45) is 2.22. The van der Waals surface area contributed by atoms with Crippen molar-refractivity contribution in [2.75, 3.05) is 6.54 Å². The van der Waals surface area contributed by atoms with Gasteiger partial charge in [0.1, 0.15) is 0 Å². The minimum atomic E-state index is 0.0208. The Morgan fingerprint density at radius 1 is 1.27 bits per heavy atom. The third kappa shape index (κ3) is 1.89. The molecule has 0 atom stereocenters. The van der Waals surface area contributed by atoms with E-state index >= 15 is 0 Å². The highest BCUT2D eigenvalue weighted by Gasteiger charge is 2.35. The molecule has 15 heavy (non-hydrogen) atoms. The second kappa shape index (κ2) is 3.69. The lowest BCUT2D eigenvalue weighted by Gasteiger charge is -2.31. The average molecular weight is 203 g/mol. The monoisotopic (exact) mass is 203 g/mol. The molecule has 1 aromatic carbocycles. The van der Waals surface area contributed by atoms with Crippen molar-refractivity contribution in [3.63, 3.8) is 0 Å². The molecule has 0 unspecified atom stereocenters. The number of hydrogen-bond donors (Lipinski definition) is 0. The molecule has 1 fully saturated rings. The van der Waals surface area contributed by atoms with Crippen LogP contribution in [-0.4, -0.2) is 22.9 Å². The number of benzene rings is 1. The van der Waals surface area contributed by atoms with Gasteiger partial charge in [0.15, 0.2) is 0 Å². The van der Waals surface area contributed by atoms with Crippen LogP contribution < -0.4 is 0 Å². The van der Waals surface area contributed by atoms with Crippen molar-refractivity contribution in [2.24, 2.45) is 0 Å². The highest BCUT2D eigenvalue weighted by Crippen LogP contribution is 2.29. The first-order chi connectivity index (χ1) is 7.11. The quantitative estimate of drug-likeness (QED) is 0.687. The number of rotatable bonds is 1. The Balaban J connectivity index is 2.22. The van der Waals surface area contributed by atoms with E-state index in [4.69, 9.17) is 0 Å². The molecule has 1 aliphatic rings. The van der Waals surface area contributed by atoms with Crippen LogP contribution in [0.1, 0.15) is 37.0 Å². The fourth-order valence-electron chi connectivity index (χ4n) is 2.22. The summed E-state index contributed by atoms with van der Waals surface area (Å²) in [5.74, 6) is 0.165. The van der Waals surface area contributed by atoms with E-state index < -0.39 is 0 Å². The molecular formula is C13H17NO. The molecule has 0 bridgehead atoms. The fourth-order valence-corrected chi connectivity index (χ4v) is 2.22. The lowest BCUT2D eigenvalue weighted by molar-refractivity contribution is 0.0652. The highest BCUT2D eigenvalue weighted by atomic mass is 16.2. The molecule has 1 saturated heterocycles. The highest BCUT2D eigenvalue weighted by molar-refractivity contribution is 5.94. The molecule has 0 saturated carbocycles. The van der Waals surface area contributed by atoms with Crippen molar-refractivity contribution in [3.8, 4) is 0 Å². The Morgan fingerprint density at radius 2 is 1.93 bits per heavy atom. The Morgan fingerprint density at radius 3 is 2.47 bits per heavy atom. The van der Waals surface area contributed by atoms with E-state index in [1.54, 1.807) is 0 Å². The standard InChI is InChI=1S/C13H17NO/c1-13(2)9-6-10-14(13)12(15)11-7-4-3-5-8-11/h3-5,7-8H,6,9-10H2,1-2H3. The smallest absolute Gasteiger partial charge is 0.254 e. The third-order valence-corrected chi connectivity index (χ3v) is 3.17. The van der Waals surface area contributed by atoms with Gasteiger partial charge in [0.05, 0.1) is 0 Å². The molecule has 1 aliphatic heterocycles. The van der Waals surface area contributed by atoms with Crippen LogP contribution in [0.3, 0.4) is 0 Å². The zero-order valence-electron chi connectivity index (χ0n) is 9.36. The molecule has 0 aliphatic carbocycles. The third-order valence-electron chi connectivity index (χ3n) is 3.17. The topological polar surface area (TPSA) is 20.3 Å². The lowest BCUT2D eigenvalue weighted by Crippen LogP contribution is -2.42. The molecule has 1 aromatic rings. The zero-order valence-corrected chi connectivity index (χ0v) is 9.36. The van der Waals surface area contributed by atoms with Crippen molar-refractivity contribution < 1.29 is 4.79 Å². The van der Waals surface area contributed by atoms with Crippen LogP contribution in [0.2, 0.25) is 0 Å². The summed E-state index contributed by atoms with van der Waals surface area (Å²) in [6.45, 7) is 5.17. The summed E-state index contributed by atoms with van der Waals surface area (Å²) in [5.41, 5.74) is 0.819. The summed E-state index contributed by atoms with van der Waals surface area (Å²) in [4.78, 5) is 14.2. The Bertz CT molecular complexity index is 356. The molecule has 0 radical (unpaired) electrons. The van der Waals surface area contributed by atoms with Gasteiger partial charge in [-0.25, -0.2) is 0 Å². The van der Waals surface area contributed by atoms with Gasteiger partial charge >= 0.3 is 0 Å². The summed E-state index contributed by atoms with van der Waals surface area (Å²) < 4.78 is 0. The minimum absolute atomic E-state index is 0.0208. The molecule has 80 valence electrons. The first kappa shape index (κ1) is 10.2. The summed E-state index contributed by atoms with van der Waals surface area (Å²) in [6, 6.07) is 9.53. The van der Waals surface area contributed by atoms with Gasteiger partial charge < -0.3 is 4.90 Å². The molecule has 2 heteroatoms. The van der Waals surface area contributed by atoms with E-state index in [0.717, 1.165) is 24.9 Å². The Kier molecular flexibility index (Phi) is 2.51. The van der Waals surface area contributed by atoms with Crippen LogP contribution in [0.5, 0.6) is 0 Å². The number of carbonyl (C=O) groups excluding carboxylic acids is 1. The van der Waals surface area contributed by atoms with Crippen molar-refractivity contribution in [2.45, 2.75) is 32.2 Å². The maximum absolute atomic E-state index is 12.2. The minimum Gasteiger partial charge on any atom is -0.334 e. The summed E-state index contributed by atoms with van der Waals surface area (Å²) >= 11 is 0. The van der Waals surface area contributed by atoms with Crippen LogP contribution in [-0.2, 0) is 0 Å². The van der Waals surface area contributed by atoms with Gasteiger partial charge in [0.2, 0.25) is 0 Å². The molecule has 2 rings (SSSR count). The summed E-state index contributed by atoms with van der Waals surface area (Å²) in [5, 5.41) is 0. The normalized spacial score (nSPS) is 19.2. The van der Waals surface area contributed by atoms with Gasteiger partial charge in [-0.05, 0) is 38.8 Å². The van der Waals surface area contributed by atoms with Gasteiger partial charge in [0, 0.05) is 17.6 Å². The van der Waals surface area contributed by atoms with E-state index in [1.807, 2.05) is 35.2 Å². The Hall–Kier alpha value is -1.31. The predicted molar refractivity (Wildman–Crippen MR) is 60.8 cm³/mol. The first-order valence-electron chi connectivity index (χ1n) is 5.48. The van der Waals surface area contributed by atoms with Crippen molar-refractivity contribution in [3.05, 3.63) is 35.9 Å². The molecule has 0 spiro atoms. The molecule has 2 nitrogen and oxygen atoms in total. The second-order valence-corrected chi connectivity index (χ2v) is 4.74. The van der Waals surface area contributed by atoms with Gasteiger partial charge in [-0.2, -0.15) is 0 Å². The van der Waals surface area contributed by atoms with E-state index in [-0.39, 0.29) is 11.4 Å². The first-order valence-corrected chi connectivity index (χ1v) is 5.48. The number of likely N-dealkylation sites (tertiary alicyclic amines) is 1. The van der Waals surface area contributed by atoms with Crippen molar-refractivity contribution in [1.29, 1.82) is 0 Å². The van der Waals surface area contributed by atoms with Gasteiger partial charge in [-0.1, -0.05) is 18.2 Å². The number of hydrogen-bond acceptors (Lipinski definition) is 1. The number of amides is 1. The van der Waals surface area contributed by atoms with Crippen LogP contribution in [0.15, 0.2) is 30.3 Å². The van der Waals surface area contributed by atoms with Crippen LogP contribution >= 0.6 is 0 Å². The van der Waals surface area contributed by atoms with E-state index in [9.17, 15) is 4.79 Å². The largest absolute Gasteiger partial charge is 0.334 e. The van der Waals surface area contributed by atoms with Crippen LogP contribution in [0.25, 0.3) is 0 Å². The van der Waals surface area contributed by atoms with E-state index in [1.165, 1.54) is 0 Å². The van der Waals surface area contributed by atoms with Crippen molar-refractivity contribution >= 4 is 5.91 Å². The van der Waals surface area contributed by atoms with Gasteiger partial charge in [0.25, 0.3) is 5.91 Å². The maximum Gasteiger partial charge on any atom is 0.254 e.